The van der Waals surface area contributed by atoms with E-state index >= 15 is 0 Å². The molecular weight excluding hydrogens is 473 g/mol. The van der Waals surface area contributed by atoms with Crippen molar-refractivity contribution in [2.45, 2.75) is 12.8 Å². The maximum atomic E-state index is 12.5. The minimum Gasteiger partial charge on any atom is -0.481 e. The largest absolute Gasteiger partial charge is 0.481 e. The van der Waals surface area contributed by atoms with Crippen molar-refractivity contribution in [1.82, 2.24) is 0 Å². The van der Waals surface area contributed by atoms with Crippen LogP contribution >= 0.6 is 38.5 Å². The number of benzene rings is 2. The molecule has 4 nitrogen and oxygen atoms in total. The summed E-state index contributed by atoms with van der Waals surface area (Å²) in [5.74, 6) is -1.88. The van der Waals surface area contributed by atoms with Gasteiger partial charge in [-0.15, -0.1) is 0 Å². The molecule has 23 heavy (non-hydrogen) atoms. The van der Waals surface area contributed by atoms with Gasteiger partial charge in [0.2, 0.25) is 5.91 Å². The van der Waals surface area contributed by atoms with Gasteiger partial charge in [0.25, 0.3) is 0 Å². The van der Waals surface area contributed by atoms with Crippen molar-refractivity contribution in [3.63, 3.8) is 0 Å². The zero-order chi connectivity index (χ0) is 16.8. The van der Waals surface area contributed by atoms with Crippen molar-refractivity contribution < 1.29 is 14.7 Å². The van der Waals surface area contributed by atoms with E-state index in [0.29, 0.717) is 12.1 Å². The zero-order valence-electron chi connectivity index (χ0n) is 12.1. The van der Waals surface area contributed by atoms with E-state index in [2.05, 4.69) is 43.8 Å². The van der Waals surface area contributed by atoms with E-state index in [1.807, 2.05) is 42.5 Å². The summed E-state index contributed by atoms with van der Waals surface area (Å²) in [6.45, 7) is 0. The molecule has 1 amide bonds. The number of hydrogen-bond acceptors (Lipinski definition) is 2. The third kappa shape index (κ3) is 5.62. The highest BCUT2D eigenvalue weighted by Gasteiger charge is 2.22. The van der Waals surface area contributed by atoms with E-state index in [9.17, 15) is 9.59 Å². The highest BCUT2D eigenvalue weighted by Crippen LogP contribution is 2.21. The molecule has 2 rings (SSSR count). The van der Waals surface area contributed by atoms with E-state index < -0.39 is 11.9 Å². The predicted octanol–water partition coefficient (Wildman–Crippen LogP) is 4.33. The molecule has 2 aromatic rings. The number of amides is 1. The van der Waals surface area contributed by atoms with Crippen molar-refractivity contribution in [2.24, 2.45) is 5.92 Å². The summed E-state index contributed by atoms with van der Waals surface area (Å²) in [5, 5.41) is 11.9. The van der Waals surface area contributed by atoms with Crippen LogP contribution in [-0.2, 0) is 16.0 Å². The zero-order valence-corrected chi connectivity index (χ0v) is 15.9. The number of carbonyl (C=O) groups is 2. The lowest BCUT2D eigenvalue weighted by Gasteiger charge is -2.16. The summed E-state index contributed by atoms with van der Waals surface area (Å²) in [6, 6.07) is 14.9. The molecule has 2 aromatic carbocycles. The molecule has 6 heteroatoms. The first kappa shape index (κ1) is 17.9. The maximum absolute atomic E-state index is 12.5. The van der Waals surface area contributed by atoms with Gasteiger partial charge >= 0.3 is 5.97 Å². The lowest BCUT2D eigenvalue weighted by Crippen LogP contribution is -2.27. The Morgan fingerprint density at radius 2 is 1.78 bits per heavy atom. The molecule has 0 fully saturated rings. The van der Waals surface area contributed by atoms with Gasteiger partial charge in [0, 0.05) is 8.04 Å². The summed E-state index contributed by atoms with van der Waals surface area (Å²) in [7, 11) is 0. The standard InChI is InChI=1S/C17H15BrINO3/c18-13-7-5-11(6-8-13)9-12(10-16(21)22)17(23)20-15-4-2-1-3-14(15)19/h1-8,12H,9-10H2,(H,20,23)(H,21,22)/t12-/m0/s1. The average molecular weight is 488 g/mol. The number of anilines is 1. The average Bonchev–Trinajstić information content (AvgIpc) is 2.50. The molecule has 2 N–H and O–H groups in total. The molecule has 1 atom stereocenters. The Hall–Kier alpha value is -1.41. The molecule has 0 aliphatic heterocycles. The van der Waals surface area contributed by atoms with Crippen molar-refractivity contribution >= 4 is 56.1 Å². The fourth-order valence-corrected chi connectivity index (χ4v) is 2.96. The van der Waals surface area contributed by atoms with Crippen molar-refractivity contribution in [3.8, 4) is 0 Å². The first-order valence-electron chi connectivity index (χ1n) is 6.97. The molecule has 0 spiro atoms. The smallest absolute Gasteiger partial charge is 0.304 e. The van der Waals surface area contributed by atoms with Crippen LogP contribution in [0.5, 0.6) is 0 Å². The van der Waals surface area contributed by atoms with E-state index in [1.54, 1.807) is 6.07 Å². The number of hydrogen-bond donors (Lipinski definition) is 2. The fourth-order valence-electron chi connectivity index (χ4n) is 2.17. The summed E-state index contributed by atoms with van der Waals surface area (Å²) in [6.07, 6.45) is 0.181. The Labute approximate surface area is 156 Å². The van der Waals surface area contributed by atoms with Crippen LogP contribution in [0.1, 0.15) is 12.0 Å². The Kier molecular flexibility index (Phi) is 6.59. The molecule has 0 aromatic heterocycles. The lowest BCUT2D eigenvalue weighted by atomic mass is 9.95. The third-order valence-corrected chi connectivity index (χ3v) is 4.79. The Morgan fingerprint density at radius 3 is 2.39 bits per heavy atom. The van der Waals surface area contributed by atoms with Gasteiger partial charge < -0.3 is 10.4 Å². The number of para-hydroxylation sites is 1. The number of rotatable bonds is 6. The number of carbonyl (C=O) groups excluding carboxylic acids is 1. The van der Waals surface area contributed by atoms with Gasteiger partial charge in [-0.1, -0.05) is 40.2 Å². The van der Waals surface area contributed by atoms with Crippen molar-refractivity contribution in [2.75, 3.05) is 5.32 Å². The SMILES string of the molecule is O=C(O)C[C@H](Cc1ccc(Br)cc1)C(=O)Nc1ccccc1I. The number of nitrogens with one attached hydrogen (secondary N) is 1. The molecular formula is C17H15BrINO3. The molecule has 0 heterocycles. The molecule has 0 unspecified atom stereocenters. The van der Waals surface area contributed by atoms with E-state index in [0.717, 1.165) is 13.6 Å². The summed E-state index contributed by atoms with van der Waals surface area (Å²) < 4.78 is 1.86. The number of halogens is 2. The van der Waals surface area contributed by atoms with Crippen LogP contribution < -0.4 is 5.32 Å². The second-order valence-corrected chi connectivity index (χ2v) is 7.17. The summed E-state index contributed by atoms with van der Waals surface area (Å²) >= 11 is 5.49. The van der Waals surface area contributed by atoms with Crippen LogP contribution in [0, 0.1) is 9.49 Å². The van der Waals surface area contributed by atoms with Gasteiger partial charge in [0.15, 0.2) is 0 Å². The second kappa shape index (κ2) is 8.44. The van der Waals surface area contributed by atoms with Crippen LogP contribution in [-0.4, -0.2) is 17.0 Å². The minimum absolute atomic E-state index is 0.203. The Balaban J connectivity index is 2.13. The Morgan fingerprint density at radius 1 is 1.13 bits per heavy atom. The number of carboxylic acids is 1. The van der Waals surface area contributed by atoms with Gasteiger partial charge in [0.1, 0.15) is 0 Å². The molecule has 0 radical (unpaired) electrons. The quantitative estimate of drug-likeness (QED) is 0.596. The molecule has 0 aliphatic rings. The van der Waals surface area contributed by atoms with E-state index in [1.165, 1.54) is 0 Å². The topological polar surface area (TPSA) is 66.4 Å². The van der Waals surface area contributed by atoms with Crippen LogP contribution in [0.15, 0.2) is 53.0 Å². The first-order valence-corrected chi connectivity index (χ1v) is 8.84. The highest BCUT2D eigenvalue weighted by atomic mass is 127. The van der Waals surface area contributed by atoms with Gasteiger partial charge in [-0.3, -0.25) is 9.59 Å². The predicted molar refractivity (Wildman–Crippen MR) is 101 cm³/mol. The lowest BCUT2D eigenvalue weighted by molar-refractivity contribution is -0.140. The van der Waals surface area contributed by atoms with Crippen LogP contribution in [0.3, 0.4) is 0 Å². The third-order valence-electron chi connectivity index (χ3n) is 3.32. The van der Waals surface area contributed by atoms with Gasteiger partial charge in [0.05, 0.1) is 18.0 Å². The fraction of sp³-hybridized carbons (Fsp3) is 0.176. The minimum atomic E-state index is -0.981. The van der Waals surface area contributed by atoms with Gasteiger partial charge in [-0.2, -0.15) is 0 Å². The molecule has 0 bridgehead atoms. The molecule has 0 saturated carbocycles. The van der Waals surface area contributed by atoms with Crippen LogP contribution in [0.25, 0.3) is 0 Å². The van der Waals surface area contributed by atoms with Crippen LogP contribution in [0.4, 0.5) is 5.69 Å². The van der Waals surface area contributed by atoms with Crippen molar-refractivity contribution in [3.05, 3.63) is 62.1 Å². The van der Waals surface area contributed by atoms with Crippen molar-refractivity contribution in [1.29, 1.82) is 0 Å². The number of carboxylic acid groups (broad SMARTS) is 1. The van der Waals surface area contributed by atoms with E-state index in [4.69, 9.17) is 5.11 Å². The normalized spacial score (nSPS) is 11.7. The monoisotopic (exact) mass is 487 g/mol. The van der Waals surface area contributed by atoms with Gasteiger partial charge in [-0.25, -0.2) is 0 Å². The van der Waals surface area contributed by atoms with Crippen LogP contribution in [0.2, 0.25) is 0 Å². The second-order valence-electron chi connectivity index (χ2n) is 5.09. The highest BCUT2D eigenvalue weighted by molar-refractivity contribution is 14.1. The maximum Gasteiger partial charge on any atom is 0.304 e. The molecule has 0 saturated heterocycles. The summed E-state index contributed by atoms with van der Waals surface area (Å²) in [4.78, 5) is 23.6. The number of aliphatic carboxylic acids is 1. The molecule has 0 aliphatic carbocycles. The Bertz CT molecular complexity index is 703. The first-order chi connectivity index (χ1) is 11.0. The van der Waals surface area contributed by atoms with E-state index in [-0.39, 0.29) is 12.3 Å². The summed E-state index contributed by atoms with van der Waals surface area (Å²) in [5.41, 5.74) is 1.63. The van der Waals surface area contributed by atoms with Gasteiger partial charge in [-0.05, 0) is 58.8 Å². The molecule has 120 valence electrons.